The Morgan fingerprint density at radius 2 is 2.11 bits per heavy atom. The minimum absolute atomic E-state index is 0.0534. The zero-order valence-corrected chi connectivity index (χ0v) is 15.2. The highest BCUT2D eigenvalue weighted by atomic mass is 16.5. The third-order valence-electron chi connectivity index (χ3n) is 4.90. The number of ether oxygens (including phenoxy) is 1. The van der Waals surface area contributed by atoms with Crippen molar-refractivity contribution in [3.8, 4) is 5.75 Å². The smallest absolute Gasteiger partial charge is 0.230 e. The number of benzene rings is 1. The van der Waals surface area contributed by atoms with Crippen molar-refractivity contribution in [3.63, 3.8) is 0 Å². The number of rotatable bonds is 3. The molecule has 1 aliphatic heterocycles. The van der Waals surface area contributed by atoms with Gasteiger partial charge in [-0.2, -0.15) is 4.52 Å². The molecule has 0 fully saturated rings. The highest BCUT2D eigenvalue weighted by molar-refractivity contribution is 5.96. The average Bonchev–Trinajstić information content (AvgIpc) is 3.32. The predicted molar refractivity (Wildman–Crippen MR) is 101 cm³/mol. The normalized spacial score (nSPS) is 13.2. The maximum atomic E-state index is 12.8. The quantitative estimate of drug-likeness (QED) is 0.575. The summed E-state index contributed by atoms with van der Waals surface area (Å²) >= 11 is 0. The fourth-order valence-corrected chi connectivity index (χ4v) is 3.53. The molecule has 0 radical (unpaired) electrons. The Hall–Kier alpha value is -3.75. The Kier molecular flexibility index (Phi) is 3.61. The summed E-state index contributed by atoms with van der Waals surface area (Å²) in [5.74, 6) is 1.14. The minimum Gasteiger partial charge on any atom is -0.494 e. The molecule has 1 amide bonds. The number of amides is 1. The van der Waals surface area contributed by atoms with Crippen LogP contribution in [0.1, 0.15) is 17.1 Å². The van der Waals surface area contributed by atoms with E-state index in [-0.39, 0.29) is 18.3 Å². The van der Waals surface area contributed by atoms with Gasteiger partial charge in [-0.1, -0.05) is 12.1 Å². The molecule has 0 aliphatic carbocycles. The van der Waals surface area contributed by atoms with Crippen molar-refractivity contribution in [2.24, 2.45) is 0 Å². The zero-order valence-electron chi connectivity index (χ0n) is 15.2. The highest BCUT2D eigenvalue weighted by Gasteiger charge is 2.25. The molecule has 9 heteroatoms. The van der Waals surface area contributed by atoms with Gasteiger partial charge in [-0.15, -0.1) is 5.10 Å². The molecule has 4 heterocycles. The Morgan fingerprint density at radius 1 is 1.21 bits per heavy atom. The molecule has 2 N–H and O–H groups in total. The van der Waals surface area contributed by atoms with Crippen LogP contribution in [0.15, 0.2) is 36.5 Å². The summed E-state index contributed by atoms with van der Waals surface area (Å²) in [5.41, 5.74) is 9.23. The summed E-state index contributed by atoms with van der Waals surface area (Å²) in [6, 6.07) is 9.41. The van der Waals surface area contributed by atoms with Gasteiger partial charge in [0.2, 0.25) is 11.9 Å². The number of hydrogen-bond acceptors (Lipinski definition) is 7. The van der Waals surface area contributed by atoms with Gasteiger partial charge in [0.05, 0.1) is 25.8 Å². The minimum atomic E-state index is -0.0534. The number of nitrogens with two attached hydrogens (primary N) is 1. The molecule has 1 aromatic carbocycles. The first-order valence-electron chi connectivity index (χ1n) is 8.82. The van der Waals surface area contributed by atoms with Crippen LogP contribution < -0.4 is 10.5 Å². The molecule has 28 heavy (non-hydrogen) atoms. The number of pyridine rings is 1. The standard InChI is InChI=1S/C19H17N7O2/c1-28-14-6-2-5-12-17(14)23-19(20)26-18(12)22-15(24-26)8-16(27)25-9-11-4-3-7-21-13(11)10-25/h2-7H,8-10H2,1H3,(H2,20,23). The predicted octanol–water partition coefficient (Wildman–Crippen LogP) is 1.35. The van der Waals surface area contributed by atoms with E-state index in [1.807, 2.05) is 30.3 Å². The molecule has 1 aliphatic rings. The molecule has 0 unspecified atom stereocenters. The van der Waals surface area contributed by atoms with Crippen LogP contribution >= 0.6 is 0 Å². The van der Waals surface area contributed by atoms with Crippen LogP contribution in [0.4, 0.5) is 5.95 Å². The Bertz CT molecular complexity index is 1210. The van der Waals surface area contributed by atoms with Crippen molar-refractivity contribution >= 4 is 28.4 Å². The summed E-state index contributed by atoms with van der Waals surface area (Å²) in [7, 11) is 1.58. The van der Waals surface area contributed by atoms with E-state index < -0.39 is 0 Å². The van der Waals surface area contributed by atoms with Gasteiger partial charge in [-0.05, 0) is 23.8 Å². The van der Waals surface area contributed by atoms with Crippen LogP contribution in [0.2, 0.25) is 0 Å². The number of carbonyl (C=O) groups excluding carboxylic acids is 1. The first-order valence-corrected chi connectivity index (χ1v) is 8.82. The molecular weight excluding hydrogens is 358 g/mol. The monoisotopic (exact) mass is 375 g/mol. The highest BCUT2D eigenvalue weighted by Crippen LogP contribution is 2.27. The SMILES string of the molecule is COc1cccc2c1nc(N)n1nc(CC(=O)N3Cc4cccnc4C3)nc21. The first-order chi connectivity index (χ1) is 13.6. The number of anilines is 1. The second-order valence-electron chi connectivity index (χ2n) is 6.63. The number of methoxy groups -OCH3 is 1. The van der Waals surface area contributed by atoms with E-state index in [4.69, 9.17) is 10.5 Å². The fourth-order valence-electron chi connectivity index (χ4n) is 3.53. The molecule has 0 bridgehead atoms. The molecule has 140 valence electrons. The summed E-state index contributed by atoms with van der Waals surface area (Å²) in [6.45, 7) is 1.06. The van der Waals surface area contributed by atoms with Crippen LogP contribution in [-0.4, -0.2) is 42.5 Å². The lowest BCUT2D eigenvalue weighted by Crippen LogP contribution is -2.27. The van der Waals surface area contributed by atoms with Crippen molar-refractivity contribution < 1.29 is 9.53 Å². The average molecular weight is 375 g/mol. The van der Waals surface area contributed by atoms with Gasteiger partial charge in [0, 0.05) is 18.1 Å². The van der Waals surface area contributed by atoms with Crippen molar-refractivity contribution in [1.82, 2.24) is 29.5 Å². The van der Waals surface area contributed by atoms with Crippen LogP contribution in [-0.2, 0) is 24.3 Å². The summed E-state index contributed by atoms with van der Waals surface area (Å²) in [5, 5.41) is 5.15. The van der Waals surface area contributed by atoms with Crippen LogP contribution in [0.25, 0.3) is 16.6 Å². The number of nitrogen functional groups attached to an aromatic ring is 1. The molecule has 0 atom stereocenters. The van der Waals surface area contributed by atoms with Crippen molar-refractivity contribution in [2.45, 2.75) is 19.5 Å². The summed E-state index contributed by atoms with van der Waals surface area (Å²) < 4.78 is 6.82. The molecule has 5 rings (SSSR count). The Balaban J connectivity index is 1.48. The van der Waals surface area contributed by atoms with E-state index in [2.05, 4.69) is 20.1 Å². The van der Waals surface area contributed by atoms with E-state index in [9.17, 15) is 4.79 Å². The molecular formula is C19H17N7O2. The number of nitrogens with zero attached hydrogens (tertiary/aromatic N) is 6. The number of fused-ring (bicyclic) bond motifs is 4. The van der Waals surface area contributed by atoms with Gasteiger partial charge >= 0.3 is 0 Å². The second-order valence-corrected chi connectivity index (χ2v) is 6.63. The lowest BCUT2D eigenvalue weighted by atomic mass is 10.2. The number of para-hydroxylation sites is 1. The van der Waals surface area contributed by atoms with Crippen LogP contribution in [0, 0.1) is 0 Å². The van der Waals surface area contributed by atoms with Gasteiger partial charge in [0.25, 0.3) is 0 Å². The Morgan fingerprint density at radius 3 is 2.93 bits per heavy atom. The van der Waals surface area contributed by atoms with E-state index in [0.29, 0.717) is 35.8 Å². The van der Waals surface area contributed by atoms with Gasteiger partial charge < -0.3 is 15.4 Å². The molecule has 3 aromatic heterocycles. The molecule has 4 aromatic rings. The Labute approximate surface area is 159 Å². The molecule has 0 spiro atoms. The van der Waals surface area contributed by atoms with Crippen LogP contribution in [0.5, 0.6) is 5.75 Å². The number of aromatic nitrogens is 5. The van der Waals surface area contributed by atoms with E-state index in [1.165, 1.54) is 4.52 Å². The summed E-state index contributed by atoms with van der Waals surface area (Å²) in [4.78, 5) is 27.8. The van der Waals surface area contributed by atoms with Gasteiger partial charge in [-0.25, -0.2) is 9.97 Å². The first kappa shape index (κ1) is 16.4. The third-order valence-corrected chi connectivity index (χ3v) is 4.90. The molecule has 0 saturated heterocycles. The maximum absolute atomic E-state index is 12.8. The van der Waals surface area contributed by atoms with E-state index in [1.54, 1.807) is 18.2 Å². The lowest BCUT2D eigenvalue weighted by Gasteiger charge is -2.13. The van der Waals surface area contributed by atoms with E-state index in [0.717, 1.165) is 16.6 Å². The van der Waals surface area contributed by atoms with Gasteiger partial charge in [0.1, 0.15) is 11.3 Å². The van der Waals surface area contributed by atoms with Crippen molar-refractivity contribution in [3.05, 3.63) is 53.6 Å². The van der Waals surface area contributed by atoms with Crippen molar-refractivity contribution in [2.75, 3.05) is 12.8 Å². The zero-order chi connectivity index (χ0) is 19.3. The van der Waals surface area contributed by atoms with Crippen LogP contribution in [0.3, 0.4) is 0 Å². The lowest BCUT2D eigenvalue weighted by molar-refractivity contribution is -0.131. The fraction of sp³-hybridized carbons (Fsp3) is 0.211. The number of carbonyl (C=O) groups is 1. The van der Waals surface area contributed by atoms with Gasteiger partial charge in [0.15, 0.2) is 11.5 Å². The topological polar surface area (TPSA) is 112 Å². The summed E-state index contributed by atoms with van der Waals surface area (Å²) in [6.07, 6.45) is 1.83. The largest absolute Gasteiger partial charge is 0.494 e. The van der Waals surface area contributed by atoms with Crippen molar-refractivity contribution in [1.29, 1.82) is 0 Å². The van der Waals surface area contributed by atoms with E-state index >= 15 is 0 Å². The van der Waals surface area contributed by atoms with Gasteiger partial charge in [-0.3, -0.25) is 9.78 Å². The number of hydrogen-bond donors (Lipinski definition) is 1. The maximum Gasteiger partial charge on any atom is 0.230 e. The molecule has 0 saturated carbocycles. The third kappa shape index (κ3) is 2.51. The second kappa shape index (κ2) is 6.15. The molecule has 9 nitrogen and oxygen atoms in total.